The molecule has 98 valence electrons. The summed E-state index contributed by atoms with van der Waals surface area (Å²) >= 11 is 0. The van der Waals surface area contributed by atoms with E-state index in [0.29, 0.717) is 6.61 Å². The van der Waals surface area contributed by atoms with E-state index in [1.54, 1.807) is 18.0 Å². The smallest absolute Gasteiger partial charge is 0.325 e. The highest BCUT2D eigenvalue weighted by Crippen LogP contribution is 2.26. The molecular weight excluding hydrogens is 236 g/mol. The van der Waals surface area contributed by atoms with Gasteiger partial charge in [-0.1, -0.05) is 5.21 Å². The molecule has 1 aromatic rings. The molecule has 1 amide bonds. The van der Waals surface area contributed by atoms with Crippen molar-refractivity contribution in [1.29, 1.82) is 0 Å². The third-order valence-electron chi connectivity index (χ3n) is 2.68. The molecule has 1 aliphatic carbocycles. The van der Waals surface area contributed by atoms with Gasteiger partial charge in [0, 0.05) is 12.2 Å². The molecule has 1 heterocycles. The molecule has 7 nitrogen and oxygen atoms in total. The number of rotatable bonds is 6. The Hall–Kier alpha value is -1.92. The molecule has 0 N–H and O–H groups in total. The van der Waals surface area contributed by atoms with Crippen molar-refractivity contribution in [3.63, 3.8) is 0 Å². The fourth-order valence-electron chi connectivity index (χ4n) is 1.70. The van der Waals surface area contributed by atoms with Crippen LogP contribution in [0.3, 0.4) is 0 Å². The lowest BCUT2D eigenvalue weighted by Crippen LogP contribution is -2.40. The van der Waals surface area contributed by atoms with Crippen LogP contribution >= 0.6 is 0 Å². The van der Waals surface area contributed by atoms with Crippen LogP contribution < -0.4 is 0 Å². The van der Waals surface area contributed by atoms with Crippen molar-refractivity contribution in [1.82, 2.24) is 19.9 Å². The van der Waals surface area contributed by atoms with E-state index in [1.165, 1.54) is 10.9 Å². The van der Waals surface area contributed by atoms with Gasteiger partial charge in [0.2, 0.25) is 5.91 Å². The molecule has 1 fully saturated rings. The van der Waals surface area contributed by atoms with Crippen molar-refractivity contribution >= 4 is 11.9 Å². The number of aromatic nitrogens is 3. The number of hydrogen-bond acceptors (Lipinski definition) is 5. The molecule has 1 aliphatic rings. The molecule has 0 bridgehead atoms. The Bertz CT molecular complexity index is 414. The van der Waals surface area contributed by atoms with Gasteiger partial charge in [0.15, 0.2) is 0 Å². The second-order valence-electron chi connectivity index (χ2n) is 4.16. The van der Waals surface area contributed by atoms with Gasteiger partial charge >= 0.3 is 5.97 Å². The predicted molar refractivity (Wildman–Crippen MR) is 61.4 cm³/mol. The van der Waals surface area contributed by atoms with Crippen molar-refractivity contribution in [2.75, 3.05) is 13.2 Å². The third kappa shape index (κ3) is 3.28. The van der Waals surface area contributed by atoms with Crippen LogP contribution in [0.4, 0.5) is 0 Å². The summed E-state index contributed by atoms with van der Waals surface area (Å²) in [6, 6.07) is 0.172. The summed E-state index contributed by atoms with van der Waals surface area (Å²) in [7, 11) is 0. The average molecular weight is 252 g/mol. The molecule has 2 rings (SSSR count). The summed E-state index contributed by atoms with van der Waals surface area (Å²) in [4.78, 5) is 25.1. The Balaban J connectivity index is 1.92. The van der Waals surface area contributed by atoms with Gasteiger partial charge in [-0.15, -0.1) is 5.10 Å². The predicted octanol–water partition coefficient (Wildman–Crippen LogP) is -0.168. The number of esters is 1. The highest BCUT2D eigenvalue weighted by molar-refractivity contribution is 5.82. The minimum atomic E-state index is -0.364. The van der Waals surface area contributed by atoms with E-state index >= 15 is 0 Å². The van der Waals surface area contributed by atoms with E-state index in [9.17, 15) is 9.59 Å². The van der Waals surface area contributed by atoms with Crippen molar-refractivity contribution < 1.29 is 14.3 Å². The topological polar surface area (TPSA) is 77.3 Å². The lowest BCUT2D eigenvalue weighted by molar-refractivity contribution is -0.149. The maximum atomic E-state index is 12.1. The minimum Gasteiger partial charge on any atom is -0.465 e. The molecule has 0 atom stereocenters. The second-order valence-corrected chi connectivity index (χ2v) is 4.16. The number of carbonyl (C=O) groups is 2. The normalized spacial score (nSPS) is 14.3. The molecule has 0 aliphatic heterocycles. The summed E-state index contributed by atoms with van der Waals surface area (Å²) in [5, 5.41) is 7.37. The first-order valence-electron chi connectivity index (χ1n) is 6.00. The maximum absolute atomic E-state index is 12.1. The second kappa shape index (κ2) is 5.61. The molecule has 0 radical (unpaired) electrons. The van der Waals surface area contributed by atoms with Gasteiger partial charge in [-0.3, -0.25) is 9.59 Å². The fraction of sp³-hybridized carbons (Fsp3) is 0.636. The molecule has 1 aromatic heterocycles. The molecule has 0 spiro atoms. The zero-order valence-corrected chi connectivity index (χ0v) is 10.3. The lowest BCUT2D eigenvalue weighted by Gasteiger charge is -2.21. The summed E-state index contributed by atoms with van der Waals surface area (Å²) < 4.78 is 6.32. The van der Waals surface area contributed by atoms with Crippen LogP contribution in [0.5, 0.6) is 0 Å². The SMILES string of the molecule is CCOC(=O)CN(C(=O)Cn1ccnn1)C1CC1. The zero-order valence-electron chi connectivity index (χ0n) is 10.3. The molecule has 0 unspecified atom stereocenters. The van der Waals surface area contributed by atoms with Crippen LogP contribution in [0, 0.1) is 0 Å². The number of carbonyl (C=O) groups excluding carboxylic acids is 2. The molecular formula is C11H16N4O3. The van der Waals surface area contributed by atoms with E-state index in [4.69, 9.17) is 4.74 Å². The Kier molecular flexibility index (Phi) is 3.91. The Labute approximate surface area is 105 Å². The number of amides is 1. The molecule has 1 saturated carbocycles. The highest BCUT2D eigenvalue weighted by Gasteiger charge is 2.34. The van der Waals surface area contributed by atoms with Gasteiger partial charge in [0.05, 0.1) is 12.8 Å². The van der Waals surface area contributed by atoms with Crippen LogP contribution in [0.15, 0.2) is 12.4 Å². The molecule has 7 heteroatoms. The first-order chi connectivity index (χ1) is 8.70. The van der Waals surface area contributed by atoms with Gasteiger partial charge in [0.1, 0.15) is 13.1 Å². The van der Waals surface area contributed by atoms with Crippen LogP contribution in [0.1, 0.15) is 19.8 Å². The van der Waals surface area contributed by atoms with Crippen LogP contribution in [-0.2, 0) is 20.9 Å². The molecule has 18 heavy (non-hydrogen) atoms. The third-order valence-corrected chi connectivity index (χ3v) is 2.68. The van der Waals surface area contributed by atoms with Crippen LogP contribution in [0.2, 0.25) is 0 Å². The first kappa shape index (κ1) is 12.5. The molecule has 0 aromatic carbocycles. The van der Waals surface area contributed by atoms with Gasteiger partial charge in [-0.2, -0.15) is 0 Å². The van der Waals surface area contributed by atoms with Crippen molar-refractivity contribution in [3.8, 4) is 0 Å². The van der Waals surface area contributed by atoms with Crippen molar-refractivity contribution in [3.05, 3.63) is 12.4 Å². The summed E-state index contributed by atoms with van der Waals surface area (Å²) in [5.41, 5.74) is 0. The zero-order chi connectivity index (χ0) is 13.0. The monoisotopic (exact) mass is 252 g/mol. The summed E-state index contributed by atoms with van der Waals surface area (Å²) in [6.45, 7) is 2.20. The molecule has 0 saturated heterocycles. The van der Waals surface area contributed by atoms with Gasteiger partial charge in [-0.25, -0.2) is 4.68 Å². The van der Waals surface area contributed by atoms with Crippen LogP contribution in [0.25, 0.3) is 0 Å². The van der Waals surface area contributed by atoms with Crippen molar-refractivity contribution in [2.45, 2.75) is 32.4 Å². The standard InChI is InChI=1S/C11H16N4O3/c1-2-18-11(17)8-15(9-3-4-9)10(16)7-14-6-5-12-13-14/h5-6,9H,2-4,7-8H2,1H3. The van der Waals surface area contributed by atoms with Gasteiger partial charge in [0.25, 0.3) is 0 Å². The summed E-state index contributed by atoms with van der Waals surface area (Å²) in [6.07, 6.45) is 5.03. The van der Waals surface area contributed by atoms with E-state index in [1.807, 2.05) is 0 Å². The average Bonchev–Trinajstić information content (AvgIpc) is 3.05. The highest BCUT2D eigenvalue weighted by atomic mass is 16.5. The fourth-order valence-corrected chi connectivity index (χ4v) is 1.70. The van der Waals surface area contributed by atoms with E-state index in [-0.39, 0.29) is 31.0 Å². The Morgan fingerprint density at radius 1 is 1.50 bits per heavy atom. The Morgan fingerprint density at radius 3 is 2.83 bits per heavy atom. The van der Waals surface area contributed by atoms with Crippen LogP contribution in [-0.4, -0.2) is 51.0 Å². The van der Waals surface area contributed by atoms with Gasteiger partial charge < -0.3 is 9.64 Å². The largest absolute Gasteiger partial charge is 0.465 e. The minimum absolute atomic E-state index is 0.0199. The lowest BCUT2D eigenvalue weighted by atomic mass is 10.4. The van der Waals surface area contributed by atoms with E-state index < -0.39 is 0 Å². The number of hydrogen-bond donors (Lipinski definition) is 0. The maximum Gasteiger partial charge on any atom is 0.325 e. The number of nitrogens with zero attached hydrogens (tertiary/aromatic N) is 4. The van der Waals surface area contributed by atoms with Gasteiger partial charge in [-0.05, 0) is 19.8 Å². The number of ether oxygens (including phenoxy) is 1. The van der Waals surface area contributed by atoms with E-state index in [0.717, 1.165) is 12.8 Å². The Morgan fingerprint density at radius 2 is 2.28 bits per heavy atom. The van der Waals surface area contributed by atoms with Crippen molar-refractivity contribution in [2.24, 2.45) is 0 Å². The quantitative estimate of drug-likeness (QED) is 0.657. The first-order valence-corrected chi connectivity index (χ1v) is 6.00. The summed E-state index contributed by atoms with van der Waals surface area (Å²) in [5.74, 6) is -0.493. The van der Waals surface area contributed by atoms with E-state index in [2.05, 4.69) is 10.3 Å².